The van der Waals surface area contributed by atoms with Gasteiger partial charge in [-0.25, -0.2) is 13.2 Å². The van der Waals surface area contributed by atoms with Crippen LogP contribution in [-0.4, -0.2) is 25.2 Å². The SMILES string of the molecule is CC(C)C1CNC(C2CC2)CN1c1cc(F)cc(F)c1F. The monoisotopic (exact) mass is 298 g/mol. The number of piperazine rings is 1. The molecule has 1 aliphatic carbocycles. The molecule has 1 aromatic rings. The Bertz CT molecular complexity index is 528. The molecule has 2 atom stereocenters. The smallest absolute Gasteiger partial charge is 0.182 e. The van der Waals surface area contributed by atoms with Gasteiger partial charge in [0.2, 0.25) is 0 Å². The van der Waals surface area contributed by atoms with Crippen molar-refractivity contribution in [3.63, 3.8) is 0 Å². The lowest BCUT2D eigenvalue weighted by atomic mass is 9.96. The van der Waals surface area contributed by atoms with E-state index in [1.54, 1.807) is 0 Å². The standard InChI is InChI=1S/C16H21F3N2/c1-9(2)15-7-20-13(10-3-4-10)8-21(15)14-6-11(17)5-12(18)16(14)19/h5-6,9-10,13,15,20H,3-4,7-8H2,1-2H3. The van der Waals surface area contributed by atoms with E-state index < -0.39 is 17.5 Å². The number of benzene rings is 1. The summed E-state index contributed by atoms with van der Waals surface area (Å²) in [5.41, 5.74) is 0.0540. The molecular weight excluding hydrogens is 277 g/mol. The predicted octanol–water partition coefficient (Wildman–Crippen LogP) is 3.32. The normalized spacial score (nSPS) is 26.5. The number of hydrogen-bond acceptors (Lipinski definition) is 2. The molecule has 3 rings (SSSR count). The van der Waals surface area contributed by atoms with Crippen LogP contribution in [0.4, 0.5) is 18.9 Å². The van der Waals surface area contributed by atoms with Crippen molar-refractivity contribution in [2.75, 3.05) is 18.0 Å². The van der Waals surface area contributed by atoms with Crippen molar-refractivity contribution in [3.05, 3.63) is 29.6 Å². The summed E-state index contributed by atoms with van der Waals surface area (Å²) in [6.07, 6.45) is 2.36. The zero-order chi connectivity index (χ0) is 15.1. The largest absolute Gasteiger partial charge is 0.363 e. The Morgan fingerprint density at radius 3 is 2.52 bits per heavy atom. The van der Waals surface area contributed by atoms with Crippen LogP contribution < -0.4 is 10.2 Å². The maximum absolute atomic E-state index is 14.1. The molecule has 2 fully saturated rings. The van der Waals surface area contributed by atoms with E-state index >= 15 is 0 Å². The first-order valence-corrected chi connectivity index (χ1v) is 7.62. The first-order valence-electron chi connectivity index (χ1n) is 7.62. The number of hydrogen-bond donors (Lipinski definition) is 1. The summed E-state index contributed by atoms with van der Waals surface area (Å²) in [6, 6.07) is 2.04. The lowest BCUT2D eigenvalue weighted by Gasteiger charge is -2.44. The first-order chi connectivity index (χ1) is 9.97. The Morgan fingerprint density at radius 2 is 1.90 bits per heavy atom. The van der Waals surface area contributed by atoms with Gasteiger partial charge in [-0.05, 0) is 24.7 Å². The molecule has 0 amide bonds. The van der Waals surface area contributed by atoms with Crippen LogP contribution in [0.5, 0.6) is 0 Å². The van der Waals surface area contributed by atoms with Crippen molar-refractivity contribution in [2.24, 2.45) is 11.8 Å². The highest BCUT2D eigenvalue weighted by atomic mass is 19.2. The van der Waals surface area contributed by atoms with Gasteiger partial charge in [0.05, 0.1) is 5.69 Å². The lowest BCUT2D eigenvalue weighted by molar-refractivity contribution is 0.316. The zero-order valence-corrected chi connectivity index (χ0v) is 12.4. The Kier molecular flexibility index (Phi) is 3.86. The third kappa shape index (κ3) is 2.89. The van der Waals surface area contributed by atoms with Crippen LogP contribution in [0.2, 0.25) is 0 Å². The number of anilines is 1. The van der Waals surface area contributed by atoms with Gasteiger partial charge in [0.15, 0.2) is 11.6 Å². The van der Waals surface area contributed by atoms with E-state index in [2.05, 4.69) is 5.32 Å². The van der Waals surface area contributed by atoms with Crippen molar-refractivity contribution < 1.29 is 13.2 Å². The van der Waals surface area contributed by atoms with Crippen molar-refractivity contribution in [2.45, 2.75) is 38.8 Å². The topological polar surface area (TPSA) is 15.3 Å². The fourth-order valence-corrected chi connectivity index (χ4v) is 3.23. The second kappa shape index (κ2) is 5.52. The molecule has 116 valence electrons. The van der Waals surface area contributed by atoms with Gasteiger partial charge < -0.3 is 10.2 Å². The summed E-state index contributed by atoms with van der Waals surface area (Å²) in [5.74, 6) is -1.91. The molecule has 0 radical (unpaired) electrons. The highest BCUT2D eigenvalue weighted by molar-refractivity contribution is 5.50. The van der Waals surface area contributed by atoms with Gasteiger partial charge in [0, 0.05) is 37.3 Å². The quantitative estimate of drug-likeness (QED) is 0.861. The molecule has 1 heterocycles. The average Bonchev–Trinajstić information content (AvgIpc) is 3.26. The highest BCUT2D eigenvalue weighted by Crippen LogP contribution is 2.37. The summed E-state index contributed by atoms with van der Waals surface area (Å²) >= 11 is 0. The van der Waals surface area contributed by atoms with Gasteiger partial charge >= 0.3 is 0 Å². The summed E-state index contributed by atoms with van der Waals surface area (Å²) in [6.45, 7) is 5.42. The Labute approximate surface area is 123 Å². The van der Waals surface area contributed by atoms with Crippen LogP contribution in [0.1, 0.15) is 26.7 Å². The number of nitrogens with one attached hydrogen (secondary N) is 1. The molecule has 0 aromatic heterocycles. The average molecular weight is 298 g/mol. The third-order valence-electron chi connectivity index (χ3n) is 4.63. The summed E-state index contributed by atoms with van der Waals surface area (Å²) in [4.78, 5) is 1.85. The molecular formula is C16H21F3N2. The molecule has 21 heavy (non-hydrogen) atoms. The molecule has 1 saturated carbocycles. The molecule has 1 aromatic carbocycles. The van der Waals surface area contributed by atoms with Crippen LogP contribution in [0.15, 0.2) is 12.1 Å². The van der Waals surface area contributed by atoms with Gasteiger partial charge in [-0.15, -0.1) is 0 Å². The number of halogens is 3. The van der Waals surface area contributed by atoms with Gasteiger partial charge in [-0.3, -0.25) is 0 Å². The van der Waals surface area contributed by atoms with Crippen LogP contribution in [0.3, 0.4) is 0 Å². The van der Waals surface area contributed by atoms with Crippen LogP contribution >= 0.6 is 0 Å². The van der Waals surface area contributed by atoms with Gasteiger partial charge in [-0.1, -0.05) is 13.8 Å². The van der Waals surface area contributed by atoms with E-state index in [0.29, 0.717) is 18.5 Å². The Hall–Kier alpha value is -1.23. The molecule has 2 nitrogen and oxygen atoms in total. The summed E-state index contributed by atoms with van der Waals surface area (Å²) < 4.78 is 41.2. The number of nitrogens with zero attached hydrogens (tertiary/aromatic N) is 1. The first kappa shape index (κ1) is 14.7. The molecule has 2 unspecified atom stereocenters. The zero-order valence-electron chi connectivity index (χ0n) is 12.4. The van der Waals surface area contributed by atoms with Crippen LogP contribution in [-0.2, 0) is 0 Å². The molecule has 0 bridgehead atoms. The molecule has 1 saturated heterocycles. The fraction of sp³-hybridized carbons (Fsp3) is 0.625. The van der Waals surface area contributed by atoms with Crippen molar-refractivity contribution in [3.8, 4) is 0 Å². The van der Waals surface area contributed by atoms with E-state index in [-0.39, 0.29) is 23.7 Å². The Balaban J connectivity index is 1.94. The summed E-state index contributed by atoms with van der Waals surface area (Å²) in [7, 11) is 0. The summed E-state index contributed by atoms with van der Waals surface area (Å²) in [5, 5.41) is 3.51. The highest BCUT2D eigenvalue weighted by Gasteiger charge is 2.39. The minimum Gasteiger partial charge on any atom is -0.363 e. The Morgan fingerprint density at radius 1 is 1.19 bits per heavy atom. The van der Waals surface area contributed by atoms with E-state index in [9.17, 15) is 13.2 Å². The lowest BCUT2D eigenvalue weighted by Crippen LogP contribution is -2.59. The minimum absolute atomic E-state index is 0.0377. The molecule has 1 aliphatic heterocycles. The maximum atomic E-state index is 14.1. The third-order valence-corrected chi connectivity index (χ3v) is 4.63. The van der Waals surface area contributed by atoms with Crippen LogP contribution in [0.25, 0.3) is 0 Å². The molecule has 1 N–H and O–H groups in total. The van der Waals surface area contributed by atoms with Gasteiger partial charge in [0.25, 0.3) is 0 Å². The van der Waals surface area contributed by atoms with Crippen LogP contribution in [0, 0.1) is 29.3 Å². The van der Waals surface area contributed by atoms with Crippen molar-refractivity contribution in [1.82, 2.24) is 5.32 Å². The van der Waals surface area contributed by atoms with Gasteiger partial charge in [0.1, 0.15) is 5.82 Å². The number of rotatable bonds is 3. The van der Waals surface area contributed by atoms with Gasteiger partial charge in [-0.2, -0.15) is 0 Å². The fourth-order valence-electron chi connectivity index (χ4n) is 3.23. The minimum atomic E-state index is -1.12. The van der Waals surface area contributed by atoms with Crippen molar-refractivity contribution >= 4 is 5.69 Å². The van der Waals surface area contributed by atoms with E-state index in [4.69, 9.17) is 0 Å². The molecule has 2 aliphatic rings. The van der Waals surface area contributed by atoms with E-state index in [1.807, 2.05) is 18.7 Å². The maximum Gasteiger partial charge on any atom is 0.182 e. The van der Waals surface area contributed by atoms with Crippen molar-refractivity contribution in [1.29, 1.82) is 0 Å². The molecule has 0 spiro atoms. The van der Waals surface area contributed by atoms with E-state index in [1.165, 1.54) is 12.8 Å². The van der Waals surface area contributed by atoms with E-state index in [0.717, 1.165) is 12.6 Å². The molecule has 5 heteroatoms. The second-order valence-corrected chi connectivity index (χ2v) is 6.54. The predicted molar refractivity (Wildman–Crippen MR) is 76.8 cm³/mol. The second-order valence-electron chi connectivity index (χ2n) is 6.54.